The maximum Gasteiger partial charge on any atom is 0.332 e. The molecule has 7 nitrogen and oxygen atoms in total. The van der Waals surface area contributed by atoms with Gasteiger partial charge in [-0.1, -0.05) is 20.8 Å². The van der Waals surface area contributed by atoms with Gasteiger partial charge in [-0.25, -0.2) is 4.79 Å². The quantitative estimate of drug-likeness (QED) is 0.703. The van der Waals surface area contributed by atoms with Crippen LogP contribution in [0.15, 0.2) is 9.59 Å². The normalized spacial score (nSPS) is 13.4. The largest absolute Gasteiger partial charge is 0.332 e. The number of nitrogens with zero attached hydrogens (tertiary/aromatic N) is 5. The van der Waals surface area contributed by atoms with Crippen LogP contribution >= 0.6 is 0 Å². The Morgan fingerprint density at radius 1 is 1.08 bits per heavy atom. The molecule has 1 atom stereocenters. The number of aromatic nitrogens is 5. The summed E-state index contributed by atoms with van der Waals surface area (Å²) in [6.45, 7) is 12.9. The van der Waals surface area contributed by atoms with Crippen molar-refractivity contribution >= 4 is 16.9 Å². The standard InChI is InChI=1S/C19H29N5O2/c1-8-12(4)23-13(5)14(6)24-15-16(20-18(23)24)21(7)19(26)22(17(15)25)10-9-11(2)3/h11-12H,8-10H2,1-7H3/t12-/m1/s1. The van der Waals surface area contributed by atoms with E-state index in [2.05, 4.69) is 39.2 Å². The van der Waals surface area contributed by atoms with E-state index in [0.29, 0.717) is 23.6 Å². The molecule has 0 unspecified atom stereocenters. The van der Waals surface area contributed by atoms with Crippen molar-refractivity contribution < 1.29 is 0 Å². The molecule has 26 heavy (non-hydrogen) atoms. The number of imidazole rings is 2. The monoisotopic (exact) mass is 359 g/mol. The third-order valence-corrected chi connectivity index (χ3v) is 5.52. The van der Waals surface area contributed by atoms with Crippen molar-refractivity contribution in [2.24, 2.45) is 13.0 Å². The van der Waals surface area contributed by atoms with E-state index < -0.39 is 0 Å². The molecule has 3 aromatic heterocycles. The first kappa shape index (κ1) is 18.5. The van der Waals surface area contributed by atoms with E-state index in [1.807, 2.05) is 11.3 Å². The van der Waals surface area contributed by atoms with Gasteiger partial charge in [-0.05, 0) is 39.5 Å². The molecule has 3 rings (SSSR count). The van der Waals surface area contributed by atoms with E-state index in [-0.39, 0.29) is 17.3 Å². The first-order chi connectivity index (χ1) is 12.2. The molecule has 0 aromatic carbocycles. The summed E-state index contributed by atoms with van der Waals surface area (Å²) in [5, 5.41) is 0. The molecule has 0 aliphatic heterocycles. The highest BCUT2D eigenvalue weighted by Crippen LogP contribution is 2.25. The highest BCUT2D eigenvalue weighted by molar-refractivity contribution is 5.76. The van der Waals surface area contributed by atoms with Crippen molar-refractivity contribution in [3.05, 3.63) is 32.2 Å². The Bertz CT molecular complexity index is 1090. The molecular formula is C19H29N5O2. The lowest BCUT2D eigenvalue weighted by Crippen LogP contribution is -2.39. The van der Waals surface area contributed by atoms with Gasteiger partial charge in [-0.3, -0.25) is 18.3 Å². The number of hydrogen-bond acceptors (Lipinski definition) is 3. The van der Waals surface area contributed by atoms with Crippen molar-refractivity contribution in [2.45, 2.75) is 67.0 Å². The van der Waals surface area contributed by atoms with Gasteiger partial charge < -0.3 is 4.57 Å². The fourth-order valence-corrected chi connectivity index (χ4v) is 3.57. The summed E-state index contributed by atoms with van der Waals surface area (Å²) in [4.78, 5) is 30.6. The van der Waals surface area contributed by atoms with E-state index in [1.165, 1.54) is 9.13 Å². The Balaban J connectivity index is 2.43. The second kappa shape index (κ2) is 6.45. The second-order valence-corrected chi connectivity index (χ2v) is 7.70. The molecule has 0 saturated heterocycles. The van der Waals surface area contributed by atoms with Crippen molar-refractivity contribution in [1.29, 1.82) is 0 Å². The molecule has 0 bridgehead atoms. The predicted octanol–water partition coefficient (Wildman–Crippen LogP) is 2.78. The SMILES string of the molecule is CC[C@@H](C)n1c(C)c(C)n2c3c(=O)n(CCC(C)C)c(=O)n(C)c3nc12. The molecule has 0 aliphatic rings. The zero-order chi connectivity index (χ0) is 19.3. The van der Waals surface area contributed by atoms with Crippen molar-refractivity contribution in [3.8, 4) is 0 Å². The third kappa shape index (κ3) is 2.52. The Morgan fingerprint density at radius 2 is 1.73 bits per heavy atom. The molecule has 0 spiro atoms. The maximum absolute atomic E-state index is 13.2. The molecule has 0 aliphatic carbocycles. The van der Waals surface area contributed by atoms with Gasteiger partial charge in [0.1, 0.15) is 0 Å². The van der Waals surface area contributed by atoms with Gasteiger partial charge in [0.25, 0.3) is 5.56 Å². The van der Waals surface area contributed by atoms with Crippen LogP contribution in [0.4, 0.5) is 0 Å². The molecule has 3 aromatic rings. The summed E-state index contributed by atoms with van der Waals surface area (Å²) < 4.78 is 6.94. The summed E-state index contributed by atoms with van der Waals surface area (Å²) in [5.41, 5.74) is 2.50. The summed E-state index contributed by atoms with van der Waals surface area (Å²) >= 11 is 0. The molecule has 3 heterocycles. The van der Waals surface area contributed by atoms with Gasteiger partial charge in [0, 0.05) is 31.0 Å². The van der Waals surface area contributed by atoms with Crippen molar-refractivity contribution in [3.63, 3.8) is 0 Å². The Morgan fingerprint density at radius 3 is 2.31 bits per heavy atom. The third-order valence-electron chi connectivity index (χ3n) is 5.52. The molecule has 0 amide bonds. The summed E-state index contributed by atoms with van der Waals surface area (Å²) in [6.07, 6.45) is 1.75. The summed E-state index contributed by atoms with van der Waals surface area (Å²) in [6, 6.07) is 0.267. The van der Waals surface area contributed by atoms with Crippen molar-refractivity contribution in [1.82, 2.24) is 23.1 Å². The number of fused-ring (bicyclic) bond motifs is 3. The fourth-order valence-electron chi connectivity index (χ4n) is 3.57. The van der Waals surface area contributed by atoms with E-state index in [4.69, 9.17) is 4.98 Å². The number of hydrogen-bond donors (Lipinski definition) is 0. The molecular weight excluding hydrogens is 330 g/mol. The minimum atomic E-state index is -0.298. The topological polar surface area (TPSA) is 66.2 Å². The number of rotatable bonds is 5. The van der Waals surface area contributed by atoms with Crippen molar-refractivity contribution in [2.75, 3.05) is 0 Å². The van der Waals surface area contributed by atoms with E-state index in [1.54, 1.807) is 7.05 Å². The zero-order valence-electron chi connectivity index (χ0n) is 16.8. The Hall–Kier alpha value is -2.31. The molecule has 142 valence electrons. The van der Waals surface area contributed by atoms with Gasteiger partial charge in [-0.2, -0.15) is 4.98 Å². The highest BCUT2D eigenvalue weighted by Gasteiger charge is 2.23. The first-order valence-electron chi connectivity index (χ1n) is 9.40. The minimum Gasteiger partial charge on any atom is -0.311 e. The van der Waals surface area contributed by atoms with Gasteiger partial charge in [0.05, 0.1) is 0 Å². The van der Waals surface area contributed by atoms with Gasteiger partial charge in [0.2, 0.25) is 5.78 Å². The van der Waals surface area contributed by atoms with Crippen LogP contribution in [0, 0.1) is 19.8 Å². The second-order valence-electron chi connectivity index (χ2n) is 7.70. The molecule has 7 heteroatoms. The van der Waals surface area contributed by atoms with Crippen LogP contribution in [0.1, 0.15) is 58.0 Å². The molecule has 0 radical (unpaired) electrons. The molecule has 0 saturated carbocycles. The average molecular weight is 359 g/mol. The maximum atomic E-state index is 13.2. The Labute approximate surface area is 152 Å². The Kier molecular flexibility index (Phi) is 4.58. The summed E-state index contributed by atoms with van der Waals surface area (Å²) in [7, 11) is 1.69. The van der Waals surface area contributed by atoms with Gasteiger partial charge >= 0.3 is 5.69 Å². The molecule has 0 fully saturated rings. The lowest BCUT2D eigenvalue weighted by Gasteiger charge is -2.13. The van der Waals surface area contributed by atoms with Crippen LogP contribution in [0.5, 0.6) is 0 Å². The number of aryl methyl sites for hydroxylation is 2. The predicted molar refractivity (Wildman–Crippen MR) is 104 cm³/mol. The highest BCUT2D eigenvalue weighted by atomic mass is 16.2. The lowest BCUT2D eigenvalue weighted by molar-refractivity contribution is 0.488. The van der Waals surface area contributed by atoms with Gasteiger partial charge in [-0.15, -0.1) is 0 Å². The van der Waals surface area contributed by atoms with Crippen LogP contribution in [-0.4, -0.2) is 23.1 Å². The smallest absolute Gasteiger partial charge is 0.311 e. The van der Waals surface area contributed by atoms with Crippen LogP contribution in [0.25, 0.3) is 16.9 Å². The van der Waals surface area contributed by atoms with Crippen LogP contribution in [-0.2, 0) is 13.6 Å². The fraction of sp³-hybridized carbons (Fsp3) is 0.632. The summed E-state index contributed by atoms with van der Waals surface area (Å²) in [5.74, 6) is 1.15. The van der Waals surface area contributed by atoms with Crippen LogP contribution in [0.3, 0.4) is 0 Å². The van der Waals surface area contributed by atoms with E-state index in [9.17, 15) is 9.59 Å². The average Bonchev–Trinajstić information content (AvgIpc) is 3.08. The molecule has 0 N–H and O–H groups in total. The van der Waals surface area contributed by atoms with E-state index >= 15 is 0 Å². The van der Waals surface area contributed by atoms with Crippen LogP contribution < -0.4 is 11.2 Å². The first-order valence-corrected chi connectivity index (χ1v) is 9.40. The van der Waals surface area contributed by atoms with Gasteiger partial charge in [0.15, 0.2) is 11.2 Å². The van der Waals surface area contributed by atoms with E-state index in [0.717, 1.165) is 30.0 Å². The van der Waals surface area contributed by atoms with Crippen LogP contribution in [0.2, 0.25) is 0 Å². The minimum absolute atomic E-state index is 0.249. The lowest BCUT2D eigenvalue weighted by atomic mass is 10.1. The zero-order valence-corrected chi connectivity index (χ0v) is 16.8.